The Morgan fingerprint density at radius 1 is 1.18 bits per heavy atom. The molecule has 4 nitrogen and oxygen atoms in total. The third-order valence-electron chi connectivity index (χ3n) is 3.13. The van der Waals surface area contributed by atoms with Crippen molar-refractivity contribution in [1.82, 2.24) is 4.31 Å². The molecule has 0 atom stereocenters. The molecule has 5 heteroatoms. The van der Waals surface area contributed by atoms with Crippen molar-refractivity contribution in [2.24, 2.45) is 0 Å². The predicted octanol–water partition coefficient (Wildman–Crippen LogP) is 1.49. The number of sulfonamides is 1. The topological polar surface area (TPSA) is 46.6 Å². The Labute approximate surface area is 102 Å². The SMILES string of the molecule is CN(C1CCOCC1)S(=O)(=O)c1ccccc1. The smallest absolute Gasteiger partial charge is 0.243 e. The van der Waals surface area contributed by atoms with Gasteiger partial charge in [0.05, 0.1) is 4.90 Å². The van der Waals surface area contributed by atoms with Crippen LogP contribution in [0.25, 0.3) is 0 Å². The summed E-state index contributed by atoms with van der Waals surface area (Å²) in [5, 5.41) is 0. The van der Waals surface area contributed by atoms with E-state index in [1.807, 2.05) is 6.07 Å². The fourth-order valence-electron chi connectivity index (χ4n) is 2.00. The van der Waals surface area contributed by atoms with Crippen molar-refractivity contribution in [3.05, 3.63) is 30.3 Å². The second-order valence-corrected chi connectivity index (χ2v) is 6.18. The minimum Gasteiger partial charge on any atom is -0.381 e. The number of rotatable bonds is 3. The van der Waals surface area contributed by atoms with Crippen LogP contribution in [0.15, 0.2) is 35.2 Å². The molecule has 0 unspecified atom stereocenters. The predicted molar refractivity (Wildman–Crippen MR) is 65.2 cm³/mol. The molecule has 0 bridgehead atoms. The van der Waals surface area contributed by atoms with Gasteiger partial charge in [0.25, 0.3) is 0 Å². The molecule has 1 aliphatic heterocycles. The van der Waals surface area contributed by atoms with Crippen molar-refractivity contribution in [2.75, 3.05) is 20.3 Å². The monoisotopic (exact) mass is 255 g/mol. The van der Waals surface area contributed by atoms with Gasteiger partial charge < -0.3 is 4.74 Å². The highest BCUT2D eigenvalue weighted by molar-refractivity contribution is 7.89. The van der Waals surface area contributed by atoms with E-state index >= 15 is 0 Å². The van der Waals surface area contributed by atoms with E-state index in [9.17, 15) is 8.42 Å². The average Bonchev–Trinajstić information content (AvgIpc) is 2.40. The van der Waals surface area contributed by atoms with Crippen LogP contribution in [-0.4, -0.2) is 39.0 Å². The second-order valence-electron chi connectivity index (χ2n) is 4.18. The van der Waals surface area contributed by atoms with Crippen LogP contribution in [-0.2, 0) is 14.8 Å². The molecule has 1 aromatic carbocycles. The first kappa shape index (κ1) is 12.5. The molecule has 2 rings (SSSR count). The third-order valence-corrected chi connectivity index (χ3v) is 5.05. The lowest BCUT2D eigenvalue weighted by atomic mass is 10.1. The first-order valence-corrected chi connectivity index (χ1v) is 7.17. The molecule has 0 aromatic heterocycles. The molecule has 17 heavy (non-hydrogen) atoms. The molecule has 1 aliphatic rings. The van der Waals surface area contributed by atoms with E-state index in [1.165, 1.54) is 4.31 Å². The van der Waals surface area contributed by atoms with Gasteiger partial charge in [-0.25, -0.2) is 8.42 Å². The maximum absolute atomic E-state index is 12.3. The Hall–Kier alpha value is -0.910. The van der Waals surface area contributed by atoms with Gasteiger partial charge in [0.2, 0.25) is 10.0 Å². The van der Waals surface area contributed by atoms with E-state index in [-0.39, 0.29) is 6.04 Å². The van der Waals surface area contributed by atoms with Gasteiger partial charge in [-0.2, -0.15) is 4.31 Å². The van der Waals surface area contributed by atoms with Crippen LogP contribution in [0.5, 0.6) is 0 Å². The summed E-state index contributed by atoms with van der Waals surface area (Å²) in [5.74, 6) is 0. The van der Waals surface area contributed by atoms with E-state index < -0.39 is 10.0 Å². The molecule has 1 aromatic rings. The standard InChI is InChI=1S/C12H17NO3S/c1-13(11-7-9-16-10-8-11)17(14,15)12-5-3-2-4-6-12/h2-6,11H,7-10H2,1H3. The highest BCUT2D eigenvalue weighted by Crippen LogP contribution is 2.21. The number of ether oxygens (including phenoxy) is 1. The summed E-state index contributed by atoms with van der Waals surface area (Å²) in [7, 11) is -1.71. The molecule has 0 radical (unpaired) electrons. The minimum atomic E-state index is -3.36. The summed E-state index contributed by atoms with van der Waals surface area (Å²) in [4.78, 5) is 0.356. The zero-order chi connectivity index (χ0) is 12.3. The molecule has 1 saturated heterocycles. The Kier molecular flexibility index (Phi) is 3.81. The molecule has 94 valence electrons. The van der Waals surface area contributed by atoms with Crippen LogP contribution in [0.4, 0.5) is 0 Å². The fraction of sp³-hybridized carbons (Fsp3) is 0.500. The van der Waals surface area contributed by atoms with Crippen LogP contribution < -0.4 is 0 Å². The Balaban J connectivity index is 2.20. The fourth-order valence-corrected chi connectivity index (χ4v) is 3.44. The van der Waals surface area contributed by atoms with E-state index in [0.717, 1.165) is 12.8 Å². The van der Waals surface area contributed by atoms with Gasteiger partial charge in [0.15, 0.2) is 0 Å². The largest absolute Gasteiger partial charge is 0.381 e. The third kappa shape index (κ3) is 2.68. The van der Waals surface area contributed by atoms with Crippen molar-refractivity contribution in [2.45, 2.75) is 23.8 Å². The lowest BCUT2D eigenvalue weighted by Crippen LogP contribution is -2.40. The average molecular weight is 255 g/mol. The Bertz CT molecular complexity index is 452. The first-order valence-electron chi connectivity index (χ1n) is 5.73. The lowest BCUT2D eigenvalue weighted by Gasteiger charge is -2.30. The van der Waals surface area contributed by atoms with Gasteiger partial charge in [-0.05, 0) is 25.0 Å². The summed E-state index contributed by atoms with van der Waals surface area (Å²) < 4.78 is 31.4. The number of hydrogen-bond acceptors (Lipinski definition) is 3. The quantitative estimate of drug-likeness (QED) is 0.822. The molecule has 0 saturated carbocycles. The van der Waals surface area contributed by atoms with E-state index in [1.54, 1.807) is 31.3 Å². The van der Waals surface area contributed by atoms with Gasteiger partial charge in [0, 0.05) is 26.3 Å². The number of benzene rings is 1. The highest BCUT2D eigenvalue weighted by atomic mass is 32.2. The van der Waals surface area contributed by atoms with Crippen molar-refractivity contribution in [1.29, 1.82) is 0 Å². The van der Waals surface area contributed by atoms with Crippen molar-refractivity contribution >= 4 is 10.0 Å². The van der Waals surface area contributed by atoms with Gasteiger partial charge in [0.1, 0.15) is 0 Å². The molecule has 0 amide bonds. The van der Waals surface area contributed by atoms with Crippen LogP contribution >= 0.6 is 0 Å². The highest BCUT2D eigenvalue weighted by Gasteiger charge is 2.28. The second kappa shape index (κ2) is 5.16. The van der Waals surface area contributed by atoms with Gasteiger partial charge in [-0.1, -0.05) is 18.2 Å². The van der Waals surface area contributed by atoms with Gasteiger partial charge in [-0.3, -0.25) is 0 Å². The van der Waals surface area contributed by atoms with E-state index in [2.05, 4.69) is 0 Å². The summed E-state index contributed by atoms with van der Waals surface area (Å²) in [6, 6.07) is 8.60. The number of hydrogen-bond donors (Lipinski definition) is 0. The van der Waals surface area contributed by atoms with Crippen molar-refractivity contribution in [3.8, 4) is 0 Å². The Morgan fingerprint density at radius 2 is 1.76 bits per heavy atom. The van der Waals surface area contributed by atoms with E-state index in [0.29, 0.717) is 18.1 Å². The van der Waals surface area contributed by atoms with Crippen molar-refractivity contribution in [3.63, 3.8) is 0 Å². The summed E-state index contributed by atoms with van der Waals surface area (Å²) in [5.41, 5.74) is 0. The maximum atomic E-state index is 12.3. The summed E-state index contributed by atoms with van der Waals surface area (Å²) in [6.45, 7) is 1.28. The van der Waals surface area contributed by atoms with Gasteiger partial charge >= 0.3 is 0 Å². The molecule has 1 fully saturated rings. The lowest BCUT2D eigenvalue weighted by molar-refractivity contribution is 0.0632. The van der Waals surface area contributed by atoms with Gasteiger partial charge in [-0.15, -0.1) is 0 Å². The molecular formula is C12H17NO3S. The first-order chi connectivity index (χ1) is 8.12. The van der Waals surface area contributed by atoms with Crippen LogP contribution in [0.3, 0.4) is 0 Å². The zero-order valence-corrected chi connectivity index (χ0v) is 10.7. The molecule has 0 aliphatic carbocycles. The van der Waals surface area contributed by atoms with Crippen molar-refractivity contribution < 1.29 is 13.2 Å². The van der Waals surface area contributed by atoms with Crippen LogP contribution in [0, 0.1) is 0 Å². The summed E-state index contributed by atoms with van der Waals surface area (Å²) >= 11 is 0. The molecular weight excluding hydrogens is 238 g/mol. The zero-order valence-electron chi connectivity index (χ0n) is 9.87. The van der Waals surface area contributed by atoms with E-state index in [4.69, 9.17) is 4.74 Å². The maximum Gasteiger partial charge on any atom is 0.243 e. The number of nitrogens with zero attached hydrogens (tertiary/aromatic N) is 1. The minimum absolute atomic E-state index is 0.0500. The normalized spacial score (nSPS) is 18.5. The molecule has 1 heterocycles. The molecule has 0 N–H and O–H groups in total. The van der Waals surface area contributed by atoms with Crippen LogP contribution in [0.2, 0.25) is 0 Å². The Morgan fingerprint density at radius 3 is 2.35 bits per heavy atom. The summed E-state index contributed by atoms with van der Waals surface area (Å²) in [6.07, 6.45) is 1.53. The molecule has 0 spiro atoms. The van der Waals surface area contributed by atoms with Crippen LogP contribution in [0.1, 0.15) is 12.8 Å².